The Balaban J connectivity index is 1.97. The van der Waals surface area contributed by atoms with Crippen molar-refractivity contribution < 1.29 is 9.90 Å². The first-order valence-electron chi connectivity index (χ1n) is 6.46. The SMILES string of the molecule is NC1=NC(CC=Cc2ccsc2C(=O)O)CCCC1. The van der Waals surface area contributed by atoms with Gasteiger partial charge in [0.2, 0.25) is 0 Å². The third kappa shape index (κ3) is 3.92. The predicted octanol–water partition coefficient (Wildman–Crippen LogP) is 3.15. The zero-order valence-electron chi connectivity index (χ0n) is 10.7. The smallest absolute Gasteiger partial charge is 0.346 e. The number of thiophene rings is 1. The van der Waals surface area contributed by atoms with Crippen molar-refractivity contribution in [2.24, 2.45) is 10.7 Å². The summed E-state index contributed by atoms with van der Waals surface area (Å²) in [6.45, 7) is 0. The number of hydrogen-bond donors (Lipinski definition) is 2. The average Bonchev–Trinajstić information content (AvgIpc) is 2.73. The van der Waals surface area contributed by atoms with E-state index in [1.54, 1.807) is 5.38 Å². The van der Waals surface area contributed by atoms with Crippen LogP contribution in [0.15, 0.2) is 22.5 Å². The summed E-state index contributed by atoms with van der Waals surface area (Å²) in [7, 11) is 0. The van der Waals surface area contributed by atoms with E-state index >= 15 is 0 Å². The van der Waals surface area contributed by atoms with Gasteiger partial charge in [-0.25, -0.2) is 4.79 Å². The molecule has 4 nitrogen and oxygen atoms in total. The molecule has 0 aromatic carbocycles. The highest BCUT2D eigenvalue weighted by molar-refractivity contribution is 7.12. The normalized spacial score (nSPS) is 20.2. The van der Waals surface area contributed by atoms with Crippen LogP contribution in [0.1, 0.15) is 47.3 Å². The van der Waals surface area contributed by atoms with E-state index in [1.807, 2.05) is 18.2 Å². The zero-order valence-corrected chi connectivity index (χ0v) is 11.5. The van der Waals surface area contributed by atoms with Gasteiger partial charge in [-0.15, -0.1) is 11.3 Å². The summed E-state index contributed by atoms with van der Waals surface area (Å²) in [5.41, 5.74) is 6.57. The Morgan fingerprint density at radius 3 is 3.21 bits per heavy atom. The highest BCUT2D eigenvalue weighted by Gasteiger charge is 2.11. The van der Waals surface area contributed by atoms with Crippen LogP contribution in [0.25, 0.3) is 6.08 Å². The Morgan fingerprint density at radius 2 is 2.42 bits per heavy atom. The summed E-state index contributed by atoms with van der Waals surface area (Å²) in [5, 5.41) is 10.8. The summed E-state index contributed by atoms with van der Waals surface area (Å²) < 4.78 is 0. The van der Waals surface area contributed by atoms with Crippen molar-refractivity contribution in [3.8, 4) is 0 Å². The maximum atomic E-state index is 11.0. The van der Waals surface area contributed by atoms with E-state index in [1.165, 1.54) is 11.3 Å². The standard InChI is InChI=1S/C14H18N2O2S/c15-12-7-2-1-5-11(16-12)6-3-4-10-8-9-19-13(10)14(17)18/h3-4,8-9,11H,1-2,5-7H2,(H2,15,16)(H,17,18). The molecule has 0 fully saturated rings. The minimum atomic E-state index is -0.869. The molecule has 5 heteroatoms. The Hall–Kier alpha value is -1.62. The van der Waals surface area contributed by atoms with E-state index in [2.05, 4.69) is 4.99 Å². The van der Waals surface area contributed by atoms with Crippen LogP contribution in [0.3, 0.4) is 0 Å². The van der Waals surface area contributed by atoms with Gasteiger partial charge in [0.15, 0.2) is 0 Å². The number of amidine groups is 1. The molecule has 0 amide bonds. The number of aromatic carboxylic acids is 1. The molecule has 0 saturated heterocycles. The molecule has 1 aliphatic heterocycles. The van der Waals surface area contributed by atoms with Crippen molar-refractivity contribution in [2.75, 3.05) is 0 Å². The summed E-state index contributed by atoms with van der Waals surface area (Å²) in [6, 6.07) is 2.07. The van der Waals surface area contributed by atoms with Crippen LogP contribution >= 0.6 is 11.3 Å². The number of carboxylic acids is 1. The first-order chi connectivity index (χ1) is 9.16. The number of rotatable bonds is 4. The molecule has 0 saturated carbocycles. The molecular formula is C14H18N2O2S. The molecule has 1 aromatic heterocycles. The number of aliphatic imine (C=N–C) groups is 1. The van der Waals surface area contributed by atoms with E-state index in [0.29, 0.717) is 4.88 Å². The van der Waals surface area contributed by atoms with E-state index < -0.39 is 5.97 Å². The summed E-state index contributed by atoms with van der Waals surface area (Å²) in [6.07, 6.45) is 8.91. The lowest BCUT2D eigenvalue weighted by molar-refractivity contribution is 0.0702. The number of carbonyl (C=O) groups is 1. The monoisotopic (exact) mass is 278 g/mol. The molecule has 0 spiro atoms. The lowest BCUT2D eigenvalue weighted by Crippen LogP contribution is -2.13. The van der Waals surface area contributed by atoms with Crippen molar-refractivity contribution in [3.05, 3.63) is 28.0 Å². The van der Waals surface area contributed by atoms with Crippen LogP contribution in [0, 0.1) is 0 Å². The third-order valence-electron chi connectivity index (χ3n) is 3.16. The second-order valence-electron chi connectivity index (χ2n) is 4.67. The molecule has 0 radical (unpaired) electrons. The highest BCUT2D eigenvalue weighted by atomic mass is 32.1. The van der Waals surface area contributed by atoms with Gasteiger partial charge in [-0.05, 0) is 36.3 Å². The molecule has 1 atom stereocenters. The summed E-state index contributed by atoms with van der Waals surface area (Å²) in [5.74, 6) is -0.121. The molecule has 3 N–H and O–H groups in total. The minimum absolute atomic E-state index is 0.241. The molecule has 19 heavy (non-hydrogen) atoms. The maximum absolute atomic E-state index is 11.0. The number of hydrogen-bond acceptors (Lipinski definition) is 4. The van der Waals surface area contributed by atoms with Crippen LogP contribution in [0.4, 0.5) is 0 Å². The fraction of sp³-hybridized carbons (Fsp3) is 0.429. The lowest BCUT2D eigenvalue weighted by Gasteiger charge is -2.06. The van der Waals surface area contributed by atoms with Crippen LogP contribution in [0.5, 0.6) is 0 Å². The van der Waals surface area contributed by atoms with Crippen molar-refractivity contribution in [1.29, 1.82) is 0 Å². The summed E-state index contributed by atoms with van der Waals surface area (Å²) >= 11 is 1.25. The molecule has 0 aliphatic carbocycles. The van der Waals surface area contributed by atoms with Crippen LogP contribution in [-0.4, -0.2) is 23.0 Å². The van der Waals surface area contributed by atoms with E-state index in [4.69, 9.17) is 10.8 Å². The van der Waals surface area contributed by atoms with Crippen molar-refractivity contribution >= 4 is 29.2 Å². The van der Waals surface area contributed by atoms with Crippen LogP contribution < -0.4 is 5.73 Å². The first kappa shape index (κ1) is 13.8. The average molecular weight is 278 g/mol. The molecule has 2 heterocycles. The van der Waals surface area contributed by atoms with E-state index in [0.717, 1.165) is 43.5 Å². The Labute approximate surface area is 116 Å². The van der Waals surface area contributed by atoms with Crippen molar-refractivity contribution in [1.82, 2.24) is 0 Å². The maximum Gasteiger partial charge on any atom is 0.346 e. The molecule has 102 valence electrons. The Bertz CT molecular complexity index is 505. The second kappa shape index (κ2) is 6.52. The largest absolute Gasteiger partial charge is 0.477 e. The van der Waals surface area contributed by atoms with E-state index in [-0.39, 0.29) is 6.04 Å². The van der Waals surface area contributed by atoms with Crippen molar-refractivity contribution in [2.45, 2.75) is 38.1 Å². The molecule has 1 unspecified atom stereocenters. The van der Waals surface area contributed by atoms with Gasteiger partial charge >= 0.3 is 5.97 Å². The topological polar surface area (TPSA) is 75.7 Å². The minimum Gasteiger partial charge on any atom is -0.477 e. The van der Waals surface area contributed by atoms with E-state index in [9.17, 15) is 4.79 Å². The van der Waals surface area contributed by atoms with Crippen molar-refractivity contribution in [3.63, 3.8) is 0 Å². The third-order valence-corrected chi connectivity index (χ3v) is 4.08. The van der Waals surface area contributed by atoms with Gasteiger partial charge in [-0.3, -0.25) is 4.99 Å². The number of nitrogens with two attached hydrogens (primary N) is 1. The quantitative estimate of drug-likeness (QED) is 0.888. The zero-order chi connectivity index (χ0) is 13.7. The van der Waals surface area contributed by atoms with Gasteiger partial charge < -0.3 is 10.8 Å². The molecular weight excluding hydrogens is 260 g/mol. The molecule has 1 aliphatic rings. The van der Waals surface area contributed by atoms with Gasteiger partial charge in [-0.1, -0.05) is 18.6 Å². The van der Waals surface area contributed by atoms with Crippen LogP contribution in [0.2, 0.25) is 0 Å². The van der Waals surface area contributed by atoms with Gasteiger partial charge in [0.05, 0.1) is 11.9 Å². The van der Waals surface area contributed by atoms with Gasteiger partial charge in [0.1, 0.15) is 4.88 Å². The van der Waals surface area contributed by atoms with Crippen LogP contribution in [-0.2, 0) is 0 Å². The lowest BCUT2D eigenvalue weighted by atomic mass is 10.1. The molecule has 2 rings (SSSR count). The Morgan fingerprint density at radius 1 is 1.58 bits per heavy atom. The fourth-order valence-corrected chi connectivity index (χ4v) is 2.92. The second-order valence-corrected chi connectivity index (χ2v) is 5.58. The number of carboxylic acid groups (broad SMARTS) is 1. The van der Waals surface area contributed by atoms with Gasteiger partial charge in [-0.2, -0.15) is 0 Å². The van der Waals surface area contributed by atoms with Gasteiger partial charge in [0.25, 0.3) is 0 Å². The number of nitrogens with zero attached hydrogens (tertiary/aromatic N) is 1. The molecule has 1 aromatic rings. The molecule has 0 bridgehead atoms. The predicted molar refractivity (Wildman–Crippen MR) is 78.8 cm³/mol. The van der Waals surface area contributed by atoms with Gasteiger partial charge in [0, 0.05) is 6.42 Å². The Kier molecular flexibility index (Phi) is 4.74. The fourth-order valence-electron chi connectivity index (χ4n) is 2.20. The summed E-state index contributed by atoms with van der Waals surface area (Å²) in [4.78, 5) is 15.8. The first-order valence-corrected chi connectivity index (χ1v) is 7.34. The highest BCUT2D eigenvalue weighted by Crippen LogP contribution is 2.20.